The molecule has 2 rings (SSSR count). The Balaban J connectivity index is 0.00000200. The molecule has 0 bridgehead atoms. The number of halogens is 1. The van der Waals surface area contributed by atoms with E-state index in [2.05, 4.69) is 31.2 Å². The van der Waals surface area contributed by atoms with Gasteiger partial charge in [0.15, 0.2) is 0 Å². The Labute approximate surface area is 127 Å². The van der Waals surface area contributed by atoms with E-state index < -0.39 is 5.54 Å². The molecule has 2 N–H and O–H groups in total. The van der Waals surface area contributed by atoms with Crippen molar-refractivity contribution in [2.24, 2.45) is 5.73 Å². The van der Waals surface area contributed by atoms with Crippen molar-refractivity contribution in [2.75, 3.05) is 7.05 Å². The molecule has 20 heavy (non-hydrogen) atoms. The van der Waals surface area contributed by atoms with Gasteiger partial charge < -0.3 is 10.6 Å². The number of carbonyl (C=O) groups is 1. The number of rotatable bonds is 4. The lowest BCUT2D eigenvalue weighted by atomic mass is 9.97. The van der Waals surface area contributed by atoms with Gasteiger partial charge in [-0.2, -0.15) is 0 Å². The lowest BCUT2D eigenvalue weighted by Crippen LogP contribution is -2.52. The number of likely N-dealkylation sites (N-methyl/N-ethyl adjacent to an activating group) is 1. The van der Waals surface area contributed by atoms with Crippen LogP contribution in [0.3, 0.4) is 0 Å². The average Bonchev–Trinajstić information content (AvgIpc) is 2.87. The molecule has 0 spiro atoms. The molecule has 1 aromatic rings. The minimum Gasteiger partial charge on any atom is -0.340 e. The largest absolute Gasteiger partial charge is 0.340 e. The number of benzene rings is 1. The van der Waals surface area contributed by atoms with Crippen LogP contribution in [0.4, 0.5) is 0 Å². The van der Waals surface area contributed by atoms with Crippen LogP contribution in [0.15, 0.2) is 24.3 Å². The van der Waals surface area contributed by atoms with Crippen molar-refractivity contribution < 1.29 is 4.79 Å². The van der Waals surface area contributed by atoms with Gasteiger partial charge in [0.2, 0.25) is 5.91 Å². The highest BCUT2D eigenvalue weighted by molar-refractivity contribution is 5.86. The third kappa shape index (κ3) is 3.74. The fraction of sp³-hybridized carbons (Fsp3) is 0.562. The molecule has 1 aliphatic rings. The van der Waals surface area contributed by atoms with Crippen molar-refractivity contribution in [1.29, 1.82) is 0 Å². The molecular weight excluding hydrogens is 272 g/mol. The lowest BCUT2D eigenvalue weighted by molar-refractivity contribution is -0.136. The fourth-order valence-corrected chi connectivity index (χ4v) is 2.83. The summed E-state index contributed by atoms with van der Waals surface area (Å²) >= 11 is 0. The van der Waals surface area contributed by atoms with Gasteiger partial charge in [-0.05, 0) is 30.4 Å². The van der Waals surface area contributed by atoms with E-state index in [0.29, 0.717) is 6.54 Å². The Bertz CT molecular complexity index is 438. The summed E-state index contributed by atoms with van der Waals surface area (Å²) in [5.74, 6) is 0.0876. The molecule has 0 radical (unpaired) electrons. The zero-order chi connectivity index (χ0) is 13.9. The highest BCUT2D eigenvalue weighted by atomic mass is 35.5. The first-order valence-corrected chi connectivity index (χ1v) is 7.17. The normalized spacial score (nSPS) is 16.6. The average molecular weight is 297 g/mol. The number of hydrogen-bond donors (Lipinski definition) is 1. The van der Waals surface area contributed by atoms with Crippen molar-refractivity contribution >= 4 is 18.3 Å². The summed E-state index contributed by atoms with van der Waals surface area (Å²) in [5.41, 5.74) is 8.08. The van der Waals surface area contributed by atoms with Crippen LogP contribution >= 0.6 is 12.4 Å². The minimum atomic E-state index is -0.613. The number of nitrogens with two attached hydrogens (primary N) is 1. The van der Waals surface area contributed by atoms with Gasteiger partial charge in [0.05, 0.1) is 5.54 Å². The molecule has 0 atom stereocenters. The van der Waals surface area contributed by atoms with Gasteiger partial charge in [-0.3, -0.25) is 4.79 Å². The van der Waals surface area contributed by atoms with E-state index in [1.54, 1.807) is 4.90 Å². The molecular formula is C16H25ClN2O. The van der Waals surface area contributed by atoms with Gasteiger partial charge in [0.1, 0.15) is 0 Å². The van der Waals surface area contributed by atoms with Crippen LogP contribution in [0, 0.1) is 0 Å². The monoisotopic (exact) mass is 296 g/mol. The van der Waals surface area contributed by atoms with Crippen LogP contribution in [-0.2, 0) is 17.8 Å². The Morgan fingerprint density at radius 3 is 2.20 bits per heavy atom. The third-order valence-electron chi connectivity index (χ3n) is 4.12. The number of carbonyl (C=O) groups excluding carboxylic acids is 1. The molecule has 1 amide bonds. The summed E-state index contributed by atoms with van der Waals surface area (Å²) in [4.78, 5) is 14.2. The van der Waals surface area contributed by atoms with Gasteiger partial charge >= 0.3 is 0 Å². The van der Waals surface area contributed by atoms with E-state index in [1.165, 1.54) is 5.56 Å². The van der Waals surface area contributed by atoms with E-state index in [0.717, 1.165) is 37.7 Å². The molecule has 0 aliphatic heterocycles. The second-order valence-corrected chi connectivity index (χ2v) is 5.69. The molecule has 0 aromatic heterocycles. The minimum absolute atomic E-state index is 0. The first-order valence-electron chi connectivity index (χ1n) is 7.17. The predicted molar refractivity (Wildman–Crippen MR) is 84.9 cm³/mol. The lowest BCUT2D eigenvalue weighted by Gasteiger charge is -2.28. The van der Waals surface area contributed by atoms with Gasteiger partial charge in [-0.1, -0.05) is 44.0 Å². The molecule has 112 valence electrons. The standard InChI is InChI=1S/C16H24N2O.ClH/c1-3-13-6-8-14(9-7-13)12-18(2)15(19)16(17)10-4-5-11-16;/h6-9H,3-5,10-12,17H2,1-2H3;1H. The molecule has 1 saturated carbocycles. The first-order chi connectivity index (χ1) is 9.05. The highest BCUT2D eigenvalue weighted by Crippen LogP contribution is 2.29. The first kappa shape index (κ1) is 17.0. The van der Waals surface area contributed by atoms with Crippen LogP contribution in [0.1, 0.15) is 43.7 Å². The number of aryl methyl sites for hydroxylation is 1. The number of amides is 1. The third-order valence-corrected chi connectivity index (χ3v) is 4.12. The maximum absolute atomic E-state index is 12.4. The maximum Gasteiger partial charge on any atom is 0.242 e. The van der Waals surface area contributed by atoms with E-state index in [-0.39, 0.29) is 18.3 Å². The molecule has 0 heterocycles. The summed E-state index contributed by atoms with van der Waals surface area (Å²) in [7, 11) is 1.85. The Kier molecular flexibility index (Phi) is 6.03. The van der Waals surface area contributed by atoms with E-state index >= 15 is 0 Å². The van der Waals surface area contributed by atoms with Gasteiger partial charge in [-0.25, -0.2) is 0 Å². The summed E-state index contributed by atoms with van der Waals surface area (Å²) in [6, 6.07) is 8.45. The number of nitrogens with zero attached hydrogens (tertiary/aromatic N) is 1. The van der Waals surface area contributed by atoms with Gasteiger partial charge in [-0.15, -0.1) is 12.4 Å². The molecule has 0 unspecified atom stereocenters. The Hall–Kier alpha value is -1.06. The Morgan fingerprint density at radius 2 is 1.70 bits per heavy atom. The van der Waals surface area contributed by atoms with Crippen LogP contribution in [0.2, 0.25) is 0 Å². The summed E-state index contributed by atoms with van der Waals surface area (Å²) in [5, 5.41) is 0. The zero-order valence-corrected chi connectivity index (χ0v) is 13.2. The van der Waals surface area contributed by atoms with Gasteiger partial charge in [0, 0.05) is 13.6 Å². The SMILES string of the molecule is CCc1ccc(CN(C)C(=O)C2(N)CCCC2)cc1.Cl. The molecule has 3 nitrogen and oxygen atoms in total. The fourth-order valence-electron chi connectivity index (χ4n) is 2.83. The van der Waals surface area contributed by atoms with Crippen molar-refractivity contribution in [3.8, 4) is 0 Å². The summed E-state index contributed by atoms with van der Waals surface area (Å²) in [6.45, 7) is 2.78. The molecule has 1 fully saturated rings. The predicted octanol–water partition coefficient (Wildman–Crippen LogP) is 2.90. The van der Waals surface area contributed by atoms with Crippen molar-refractivity contribution in [1.82, 2.24) is 4.90 Å². The van der Waals surface area contributed by atoms with Crippen molar-refractivity contribution in [2.45, 2.75) is 51.1 Å². The quantitative estimate of drug-likeness (QED) is 0.928. The molecule has 1 aliphatic carbocycles. The smallest absolute Gasteiger partial charge is 0.242 e. The van der Waals surface area contributed by atoms with Crippen LogP contribution in [0.25, 0.3) is 0 Å². The van der Waals surface area contributed by atoms with Gasteiger partial charge in [0.25, 0.3) is 0 Å². The highest BCUT2D eigenvalue weighted by Gasteiger charge is 2.38. The van der Waals surface area contributed by atoms with Crippen LogP contribution in [-0.4, -0.2) is 23.4 Å². The van der Waals surface area contributed by atoms with Crippen molar-refractivity contribution in [3.63, 3.8) is 0 Å². The van der Waals surface area contributed by atoms with Crippen LogP contribution in [0.5, 0.6) is 0 Å². The van der Waals surface area contributed by atoms with Crippen molar-refractivity contribution in [3.05, 3.63) is 35.4 Å². The van der Waals surface area contributed by atoms with E-state index in [1.807, 2.05) is 7.05 Å². The number of hydrogen-bond acceptors (Lipinski definition) is 2. The Morgan fingerprint density at radius 1 is 1.20 bits per heavy atom. The molecule has 0 saturated heterocycles. The summed E-state index contributed by atoms with van der Waals surface area (Å²) in [6.07, 6.45) is 4.83. The zero-order valence-electron chi connectivity index (χ0n) is 12.4. The van der Waals surface area contributed by atoms with Crippen LogP contribution < -0.4 is 5.73 Å². The summed E-state index contributed by atoms with van der Waals surface area (Å²) < 4.78 is 0. The maximum atomic E-state index is 12.4. The van der Waals surface area contributed by atoms with E-state index in [4.69, 9.17) is 5.73 Å². The van der Waals surface area contributed by atoms with E-state index in [9.17, 15) is 4.79 Å². The molecule has 4 heteroatoms. The second kappa shape index (κ2) is 7.09. The second-order valence-electron chi connectivity index (χ2n) is 5.69. The topological polar surface area (TPSA) is 46.3 Å². The molecule has 1 aromatic carbocycles.